The van der Waals surface area contributed by atoms with Gasteiger partial charge < -0.3 is 14.6 Å². The summed E-state index contributed by atoms with van der Waals surface area (Å²) in [5.74, 6) is 0.888. The van der Waals surface area contributed by atoms with Crippen LogP contribution in [0.25, 0.3) is 0 Å². The third-order valence-corrected chi connectivity index (χ3v) is 4.02. The van der Waals surface area contributed by atoms with E-state index in [4.69, 9.17) is 9.26 Å². The second-order valence-electron chi connectivity index (χ2n) is 5.28. The summed E-state index contributed by atoms with van der Waals surface area (Å²) < 4.78 is 11.3. The monoisotopic (exact) mass is 236 g/mol. The second-order valence-corrected chi connectivity index (χ2v) is 5.28. The molecular weight excluding hydrogens is 216 g/mol. The minimum Gasteiger partial charge on any atom is -0.370 e. The molecule has 2 aliphatic rings. The van der Waals surface area contributed by atoms with Crippen LogP contribution in [0.1, 0.15) is 44.3 Å². The molecule has 0 radical (unpaired) electrons. The van der Waals surface area contributed by atoms with Crippen LogP contribution in [-0.2, 0) is 11.3 Å². The number of hydrogen-bond donors (Lipinski definition) is 1. The van der Waals surface area contributed by atoms with E-state index in [0.717, 1.165) is 18.8 Å². The van der Waals surface area contributed by atoms with Crippen LogP contribution in [0.2, 0.25) is 0 Å². The quantitative estimate of drug-likeness (QED) is 0.871. The molecule has 1 aromatic rings. The summed E-state index contributed by atoms with van der Waals surface area (Å²) in [4.78, 5) is 0. The molecule has 1 unspecified atom stereocenters. The van der Waals surface area contributed by atoms with Gasteiger partial charge in [0.15, 0.2) is 0 Å². The Morgan fingerprint density at radius 2 is 2.24 bits per heavy atom. The molecule has 4 heteroatoms. The highest BCUT2D eigenvalue weighted by molar-refractivity contribution is 4.94. The Bertz CT molecular complexity index is 344. The summed E-state index contributed by atoms with van der Waals surface area (Å²) in [6.07, 6.45) is 9.74. The smallest absolute Gasteiger partial charge is 0.150 e. The Labute approximate surface area is 102 Å². The highest BCUT2D eigenvalue weighted by atomic mass is 16.5. The Kier molecular flexibility index (Phi) is 3.16. The van der Waals surface area contributed by atoms with Gasteiger partial charge in [-0.1, -0.05) is 18.0 Å². The molecular formula is C13H20N2O2. The standard InChI is InChI=1S/C13H20N2O2/c1-2-6-13(5-1)7-3-11(16-13)9-14-10-12-4-8-15-17-12/h4,8,11,14H,1-3,5-7,9-10H2. The summed E-state index contributed by atoms with van der Waals surface area (Å²) in [5.41, 5.74) is 0.249. The number of nitrogens with zero attached hydrogens (tertiary/aromatic N) is 1. The van der Waals surface area contributed by atoms with E-state index >= 15 is 0 Å². The molecule has 94 valence electrons. The van der Waals surface area contributed by atoms with Gasteiger partial charge in [-0.25, -0.2) is 0 Å². The first-order valence-corrected chi connectivity index (χ1v) is 6.64. The first-order chi connectivity index (χ1) is 8.36. The third kappa shape index (κ3) is 2.53. The highest BCUT2D eigenvalue weighted by Gasteiger charge is 2.41. The van der Waals surface area contributed by atoms with Gasteiger partial charge in [0.25, 0.3) is 0 Å². The first-order valence-electron chi connectivity index (χ1n) is 6.64. The zero-order valence-electron chi connectivity index (χ0n) is 10.2. The van der Waals surface area contributed by atoms with Crippen molar-refractivity contribution >= 4 is 0 Å². The number of ether oxygens (including phenoxy) is 1. The Balaban J connectivity index is 1.42. The van der Waals surface area contributed by atoms with E-state index in [1.54, 1.807) is 6.20 Å². The minimum atomic E-state index is 0.249. The van der Waals surface area contributed by atoms with Crippen LogP contribution in [-0.4, -0.2) is 23.4 Å². The van der Waals surface area contributed by atoms with Gasteiger partial charge in [0.1, 0.15) is 5.76 Å². The Morgan fingerprint density at radius 1 is 1.35 bits per heavy atom. The lowest BCUT2D eigenvalue weighted by Crippen LogP contribution is -2.30. The maximum Gasteiger partial charge on any atom is 0.150 e. The second kappa shape index (κ2) is 4.78. The lowest BCUT2D eigenvalue weighted by atomic mass is 9.98. The fourth-order valence-corrected chi connectivity index (χ4v) is 3.12. The van der Waals surface area contributed by atoms with E-state index in [0.29, 0.717) is 6.10 Å². The molecule has 1 aliphatic heterocycles. The number of rotatable bonds is 4. The predicted octanol–water partition coefficient (Wildman–Crippen LogP) is 2.26. The summed E-state index contributed by atoms with van der Waals surface area (Å²) in [7, 11) is 0. The van der Waals surface area contributed by atoms with Gasteiger partial charge in [-0.3, -0.25) is 0 Å². The SMILES string of the molecule is c1cc(CNCC2CCC3(CCCC3)O2)on1. The van der Waals surface area contributed by atoms with Crippen LogP contribution >= 0.6 is 0 Å². The maximum atomic E-state index is 6.22. The lowest BCUT2D eigenvalue weighted by molar-refractivity contribution is -0.0352. The van der Waals surface area contributed by atoms with E-state index in [9.17, 15) is 0 Å². The minimum absolute atomic E-state index is 0.249. The lowest BCUT2D eigenvalue weighted by Gasteiger charge is -2.23. The largest absolute Gasteiger partial charge is 0.370 e. The van der Waals surface area contributed by atoms with Gasteiger partial charge in [-0.15, -0.1) is 0 Å². The molecule has 2 fully saturated rings. The molecule has 17 heavy (non-hydrogen) atoms. The van der Waals surface area contributed by atoms with Gasteiger partial charge in [0, 0.05) is 12.6 Å². The van der Waals surface area contributed by atoms with Gasteiger partial charge in [-0.05, 0) is 25.7 Å². The molecule has 0 bridgehead atoms. The molecule has 2 heterocycles. The van der Waals surface area contributed by atoms with E-state index in [1.807, 2.05) is 6.07 Å². The van der Waals surface area contributed by atoms with Crippen LogP contribution in [0.5, 0.6) is 0 Å². The van der Waals surface area contributed by atoms with Crippen molar-refractivity contribution < 1.29 is 9.26 Å². The topological polar surface area (TPSA) is 47.3 Å². The third-order valence-electron chi connectivity index (χ3n) is 4.02. The molecule has 1 saturated carbocycles. The number of aromatic nitrogens is 1. The van der Waals surface area contributed by atoms with E-state index in [-0.39, 0.29) is 5.60 Å². The van der Waals surface area contributed by atoms with Crippen molar-refractivity contribution in [1.82, 2.24) is 10.5 Å². The van der Waals surface area contributed by atoms with Crippen molar-refractivity contribution in [3.05, 3.63) is 18.0 Å². The van der Waals surface area contributed by atoms with Crippen molar-refractivity contribution in [2.45, 2.75) is 56.8 Å². The fourth-order valence-electron chi connectivity index (χ4n) is 3.12. The summed E-state index contributed by atoms with van der Waals surface area (Å²) in [6.45, 7) is 1.66. The van der Waals surface area contributed by atoms with Crippen LogP contribution in [0, 0.1) is 0 Å². The van der Waals surface area contributed by atoms with Crippen LogP contribution in [0.4, 0.5) is 0 Å². The van der Waals surface area contributed by atoms with Crippen molar-refractivity contribution in [2.75, 3.05) is 6.54 Å². The van der Waals surface area contributed by atoms with Gasteiger partial charge >= 0.3 is 0 Å². The zero-order chi connectivity index (χ0) is 11.6. The van der Waals surface area contributed by atoms with Crippen LogP contribution in [0.3, 0.4) is 0 Å². The summed E-state index contributed by atoms with van der Waals surface area (Å²) >= 11 is 0. The highest BCUT2D eigenvalue weighted by Crippen LogP contribution is 2.43. The van der Waals surface area contributed by atoms with Crippen LogP contribution < -0.4 is 5.32 Å². The molecule has 1 atom stereocenters. The Hall–Kier alpha value is -0.870. The van der Waals surface area contributed by atoms with E-state index < -0.39 is 0 Å². The molecule has 1 N–H and O–H groups in total. The van der Waals surface area contributed by atoms with E-state index in [1.165, 1.54) is 38.5 Å². The summed E-state index contributed by atoms with van der Waals surface area (Å²) in [5, 5.41) is 7.06. The molecule has 3 rings (SSSR count). The van der Waals surface area contributed by atoms with Crippen molar-refractivity contribution in [1.29, 1.82) is 0 Å². The molecule has 1 aromatic heterocycles. The Morgan fingerprint density at radius 3 is 3.00 bits per heavy atom. The molecule has 1 spiro atoms. The molecule has 1 aliphatic carbocycles. The summed E-state index contributed by atoms with van der Waals surface area (Å²) in [6, 6.07) is 1.89. The maximum absolute atomic E-state index is 6.22. The van der Waals surface area contributed by atoms with E-state index in [2.05, 4.69) is 10.5 Å². The fraction of sp³-hybridized carbons (Fsp3) is 0.769. The molecule has 4 nitrogen and oxygen atoms in total. The normalized spacial score (nSPS) is 26.9. The first kappa shape index (κ1) is 11.2. The average Bonchev–Trinajstić information content (AvgIpc) is 3.04. The van der Waals surface area contributed by atoms with Gasteiger partial charge in [0.05, 0.1) is 24.4 Å². The van der Waals surface area contributed by atoms with Crippen molar-refractivity contribution in [2.24, 2.45) is 0 Å². The average molecular weight is 236 g/mol. The molecule has 0 aromatic carbocycles. The number of hydrogen-bond acceptors (Lipinski definition) is 4. The van der Waals surface area contributed by atoms with Gasteiger partial charge in [0.2, 0.25) is 0 Å². The molecule has 0 amide bonds. The van der Waals surface area contributed by atoms with Gasteiger partial charge in [-0.2, -0.15) is 0 Å². The number of nitrogens with one attached hydrogen (secondary N) is 1. The van der Waals surface area contributed by atoms with Crippen molar-refractivity contribution in [3.8, 4) is 0 Å². The zero-order valence-corrected chi connectivity index (χ0v) is 10.2. The predicted molar refractivity (Wildman–Crippen MR) is 63.5 cm³/mol. The molecule has 1 saturated heterocycles. The van der Waals surface area contributed by atoms with Crippen molar-refractivity contribution in [3.63, 3.8) is 0 Å². The van der Waals surface area contributed by atoms with Crippen LogP contribution in [0.15, 0.2) is 16.8 Å².